The molecule has 3 aromatic rings. The molecular weight excluding hydrogens is 382 g/mol. The van der Waals surface area contributed by atoms with Gasteiger partial charge in [0.15, 0.2) is 0 Å². The van der Waals surface area contributed by atoms with E-state index in [-0.39, 0.29) is 6.10 Å². The van der Waals surface area contributed by atoms with Crippen LogP contribution in [0.2, 0.25) is 0 Å². The largest absolute Gasteiger partial charge is 0.342 e. The number of rotatable bonds is 5. The van der Waals surface area contributed by atoms with Crippen LogP contribution in [-0.4, -0.2) is 30.2 Å². The van der Waals surface area contributed by atoms with Gasteiger partial charge in [-0.25, -0.2) is 0 Å². The normalized spacial score (nSPS) is 24.0. The molecule has 0 N–H and O–H groups in total. The van der Waals surface area contributed by atoms with Crippen molar-refractivity contribution >= 4 is 0 Å². The first-order chi connectivity index (χ1) is 15.4. The third-order valence-corrected chi connectivity index (χ3v) is 6.65. The first kappa shape index (κ1) is 20.4. The number of benzene rings is 3. The molecule has 0 aliphatic carbocycles. The summed E-state index contributed by atoms with van der Waals surface area (Å²) in [5.41, 5.74) is 3.51. The molecule has 3 heteroatoms. The highest BCUT2D eigenvalue weighted by Gasteiger charge is 2.45. The van der Waals surface area contributed by atoms with Gasteiger partial charge in [0.1, 0.15) is 0 Å². The Bertz CT molecular complexity index is 905. The average molecular weight is 414 g/mol. The maximum atomic E-state index is 6.99. The third-order valence-electron chi connectivity index (χ3n) is 6.65. The molecule has 2 aliphatic heterocycles. The van der Waals surface area contributed by atoms with E-state index >= 15 is 0 Å². The molecule has 0 radical (unpaired) electrons. The van der Waals surface area contributed by atoms with Crippen LogP contribution in [0.5, 0.6) is 0 Å². The highest BCUT2D eigenvalue weighted by molar-refractivity contribution is 5.34. The minimum atomic E-state index is -0.846. The maximum Gasteiger partial charge on any atom is 0.222 e. The van der Waals surface area contributed by atoms with Gasteiger partial charge in [-0.2, -0.15) is 0 Å². The van der Waals surface area contributed by atoms with Crippen LogP contribution in [0.4, 0.5) is 0 Å². The smallest absolute Gasteiger partial charge is 0.222 e. The number of hydrogen-bond donors (Lipinski definition) is 0. The molecule has 3 aromatic carbocycles. The number of ether oxygens (including phenoxy) is 2. The van der Waals surface area contributed by atoms with E-state index in [0.29, 0.717) is 12.6 Å². The molecule has 0 saturated carbocycles. The quantitative estimate of drug-likeness (QED) is 0.532. The van der Waals surface area contributed by atoms with Gasteiger partial charge in [-0.15, -0.1) is 0 Å². The van der Waals surface area contributed by atoms with Crippen LogP contribution in [0.3, 0.4) is 0 Å². The Kier molecular flexibility index (Phi) is 6.17. The van der Waals surface area contributed by atoms with Crippen molar-refractivity contribution in [3.05, 3.63) is 108 Å². The molecule has 2 fully saturated rings. The zero-order valence-corrected chi connectivity index (χ0v) is 18.0. The van der Waals surface area contributed by atoms with Crippen LogP contribution in [0.25, 0.3) is 0 Å². The van der Waals surface area contributed by atoms with Gasteiger partial charge in [0.25, 0.3) is 0 Å². The van der Waals surface area contributed by atoms with E-state index in [0.717, 1.165) is 30.6 Å². The van der Waals surface area contributed by atoms with Crippen molar-refractivity contribution in [2.45, 2.75) is 50.2 Å². The standard InChI is InChI=1S/C28H31NO2/c1-4-12-23(13-5-1)22-29-20-11-10-18-26(29)27-19-21-30-28(31-27,24-14-6-2-7-15-24)25-16-8-3-9-17-25/h1-9,12-17,26-27H,10-11,18-22H2/t26-,27-/m0/s1. The molecule has 3 nitrogen and oxygen atoms in total. The molecule has 31 heavy (non-hydrogen) atoms. The Labute approximate surface area is 185 Å². The van der Waals surface area contributed by atoms with Crippen LogP contribution >= 0.6 is 0 Å². The van der Waals surface area contributed by atoms with Crippen LogP contribution < -0.4 is 0 Å². The van der Waals surface area contributed by atoms with Crippen LogP contribution in [0.15, 0.2) is 91.0 Å². The molecule has 2 heterocycles. The first-order valence-electron chi connectivity index (χ1n) is 11.6. The highest BCUT2D eigenvalue weighted by atomic mass is 16.7. The maximum absolute atomic E-state index is 6.99. The third kappa shape index (κ3) is 4.31. The second-order valence-corrected chi connectivity index (χ2v) is 8.66. The van der Waals surface area contributed by atoms with Crippen LogP contribution in [0.1, 0.15) is 42.4 Å². The molecule has 0 bridgehead atoms. The van der Waals surface area contributed by atoms with E-state index in [2.05, 4.69) is 83.8 Å². The van der Waals surface area contributed by atoms with Gasteiger partial charge < -0.3 is 9.47 Å². The molecule has 0 spiro atoms. The summed E-state index contributed by atoms with van der Waals surface area (Å²) in [5.74, 6) is -0.846. The lowest BCUT2D eigenvalue weighted by Crippen LogP contribution is -2.53. The summed E-state index contributed by atoms with van der Waals surface area (Å²) in [6, 6.07) is 32.1. The van der Waals surface area contributed by atoms with Crippen molar-refractivity contribution in [2.75, 3.05) is 13.2 Å². The SMILES string of the molecule is c1ccc(CN2CCCC[C@H]2[C@@H]2CCOC(c3ccccc3)(c3ccccc3)O2)cc1. The van der Waals surface area contributed by atoms with Gasteiger partial charge in [0, 0.05) is 23.7 Å². The Balaban J connectivity index is 1.45. The highest BCUT2D eigenvalue weighted by Crippen LogP contribution is 2.41. The lowest BCUT2D eigenvalue weighted by Gasteiger charge is -2.47. The van der Waals surface area contributed by atoms with E-state index < -0.39 is 5.79 Å². The van der Waals surface area contributed by atoms with Gasteiger partial charge in [-0.1, -0.05) is 97.4 Å². The monoisotopic (exact) mass is 413 g/mol. The molecular formula is C28H31NO2. The summed E-state index contributed by atoms with van der Waals surface area (Å²) in [6.45, 7) is 2.81. The van der Waals surface area contributed by atoms with Gasteiger partial charge in [-0.3, -0.25) is 4.90 Å². The minimum Gasteiger partial charge on any atom is -0.342 e. The Morgan fingerprint density at radius 1 is 0.742 bits per heavy atom. The molecule has 0 aromatic heterocycles. The van der Waals surface area contributed by atoms with E-state index in [9.17, 15) is 0 Å². The predicted octanol–water partition coefficient (Wildman–Crippen LogP) is 5.75. The first-order valence-corrected chi connectivity index (χ1v) is 11.6. The van der Waals surface area contributed by atoms with Crippen molar-refractivity contribution in [1.29, 1.82) is 0 Å². The lowest BCUT2D eigenvalue weighted by molar-refractivity contribution is -0.290. The van der Waals surface area contributed by atoms with Crippen LogP contribution in [0, 0.1) is 0 Å². The van der Waals surface area contributed by atoms with Gasteiger partial charge in [0.2, 0.25) is 5.79 Å². The van der Waals surface area contributed by atoms with Crippen molar-refractivity contribution < 1.29 is 9.47 Å². The summed E-state index contributed by atoms with van der Waals surface area (Å²) in [4.78, 5) is 2.63. The van der Waals surface area contributed by atoms with E-state index in [1.807, 2.05) is 12.1 Å². The van der Waals surface area contributed by atoms with Crippen LogP contribution in [-0.2, 0) is 21.8 Å². The van der Waals surface area contributed by atoms with Crippen molar-refractivity contribution in [3.8, 4) is 0 Å². The minimum absolute atomic E-state index is 0.137. The second-order valence-electron chi connectivity index (χ2n) is 8.66. The molecule has 5 rings (SSSR count). The topological polar surface area (TPSA) is 21.7 Å². The van der Waals surface area contributed by atoms with Crippen molar-refractivity contribution in [3.63, 3.8) is 0 Å². The zero-order chi connectivity index (χ0) is 20.9. The van der Waals surface area contributed by atoms with E-state index in [1.165, 1.54) is 24.8 Å². The molecule has 0 unspecified atom stereocenters. The fourth-order valence-electron chi connectivity index (χ4n) is 5.13. The van der Waals surface area contributed by atoms with E-state index in [1.54, 1.807) is 0 Å². The van der Waals surface area contributed by atoms with Gasteiger partial charge in [0.05, 0.1) is 12.7 Å². The van der Waals surface area contributed by atoms with Gasteiger partial charge >= 0.3 is 0 Å². The lowest BCUT2D eigenvalue weighted by atomic mass is 9.91. The number of piperidine rings is 1. The Morgan fingerprint density at radius 2 is 1.35 bits per heavy atom. The summed E-state index contributed by atoms with van der Waals surface area (Å²) >= 11 is 0. The molecule has 0 amide bonds. The second kappa shape index (κ2) is 9.35. The Morgan fingerprint density at radius 3 is 2.00 bits per heavy atom. The molecule has 2 atom stereocenters. The average Bonchev–Trinajstić information content (AvgIpc) is 2.86. The zero-order valence-electron chi connectivity index (χ0n) is 18.0. The van der Waals surface area contributed by atoms with Gasteiger partial charge in [-0.05, 0) is 31.4 Å². The number of nitrogens with zero attached hydrogens (tertiary/aromatic N) is 1. The molecule has 2 saturated heterocycles. The summed E-state index contributed by atoms with van der Waals surface area (Å²) in [5, 5.41) is 0. The Hall–Kier alpha value is -2.46. The summed E-state index contributed by atoms with van der Waals surface area (Å²) < 4.78 is 13.5. The number of likely N-dealkylation sites (tertiary alicyclic amines) is 1. The van der Waals surface area contributed by atoms with Crippen molar-refractivity contribution in [1.82, 2.24) is 4.90 Å². The molecule has 160 valence electrons. The summed E-state index contributed by atoms with van der Waals surface area (Å²) in [6.07, 6.45) is 4.77. The predicted molar refractivity (Wildman–Crippen MR) is 124 cm³/mol. The number of hydrogen-bond acceptors (Lipinski definition) is 3. The molecule has 2 aliphatic rings. The fourth-order valence-corrected chi connectivity index (χ4v) is 5.13. The fraction of sp³-hybridized carbons (Fsp3) is 0.357. The summed E-state index contributed by atoms with van der Waals surface area (Å²) in [7, 11) is 0. The van der Waals surface area contributed by atoms with E-state index in [4.69, 9.17) is 9.47 Å². The van der Waals surface area contributed by atoms with Crippen molar-refractivity contribution in [2.24, 2.45) is 0 Å².